The average Bonchev–Trinajstić information content (AvgIpc) is 2.29. The Labute approximate surface area is 99.9 Å². The van der Waals surface area contributed by atoms with Crippen molar-refractivity contribution in [3.05, 3.63) is 29.1 Å². The predicted octanol–water partition coefficient (Wildman–Crippen LogP) is 2.63. The van der Waals surface area contributed by atoms with Gasteiger partial charge in [-0.3, -0.25) is 9.78 Å². The van der Waals surface area contributed by atoms with Crippen LogP contribution in [-0.2, 0) is 21.3 Å². The minimum atomic E-state index is -2.56. The van der Waals surface area contributed by atoms with Crippen LogP contribution in [0.4, 0.5) is 8.78 Å². The van der Waals surface area contributed by atoms with Gasteiger partial charge in [-0.25, -0.2) is 8.78 Å². The van der Waals surface area contributed by atoms with E-state index in [-0.39, 0.29) is 12.0 Å². The van der Waals surface area contributed by atoms with Crippen LogP contribution in [0.5, 0.6) is 0 Å². The number of hydrogen-bond donors (Lipinski definition) is 0. The van der Waals surface area contributed by atoms with E-state index in [2.05, 4.69) is 25.7 Å². The molecule has 0 atom stereocenters. The van der Waals surface area contributed by atoms with Gasteiger partial charge in [0.1, 0.15) is 0 Å². The first-order valence-corrected chi connectivity index (χ1v) is 5.59. The van der Waals surface area contributed by atoms with Gasteiger partial charge < -0.3 is 4.74 Å². The fourth-order valence-electron chi connectivity index (χ4n) is 1.16. The third kappa shape index (κ3) is 3.23. The summed E-state index contributed by atoms with van der Waals surface area (Å²) in [6.45, 7) is 0. The molecule has 0 saturated heterocycles. The van der Waals surface area contributed by atoms with Gasteiger partial charge in [-0.2, -0.15) is 0 Å². The summed E-state index contributed by atoms with van der Waals surface area (Å²) in [6.07, 6.45) is -1.49. The average molecular weight is 294 g/mol. The van der Waals surface area contributed by atoms with Gasteiger partial charge in [-0.15, -0.1) is 0 Å². The molecule has 0 aliphatic heterocycles. The lowest BCUT2D eigenvalue weighted by Gasteiger charge is -2.07. The van der Waals surface area contributed by atoms with Gasteiger partial charge in [0, 0.05) is 17.1 Å². The van der Waals surface area contributed by atoms with Crippen LogP contribution in [0.1, 0.15) is 23.2 Å². The minimum Gasteiger partial charge on any atom is -0.469 e. The summed E-state index contributed by atoms with van der Waals surface area (Å²) >= 11 is 3.17. The van der Waals surface area contributed by atoms with E-state index in [1.165, 1.54) is 13.2 Å². The highest BCUT2D eigenvalue weighted by Crippen LogP contribution is 2.21. The second kappa shape index (κ2) is 5.89. The molecule has 0 bridgehead atoms. The van der Waals surface area contributed by atoms with Crippen LogP contribution < -0.4 is 0 Å². The van der Waals surface area contributed by atoms with Gasteiger partial charge in [-0.1, -0.05) is 15.9 Å². The zero-order valence-corrected chi connectivity index (χ0v) is 10.1. The molecular formula is C10H10BrF2NO2. The molecule has 16 heavy (non-hydrogen) atoms. The summed E-state index contributed by atoms with van der Waals surface area (Å²) in [6, 6.07) is 1.34. The van der Waals surface area contributed by atoms with Gasteiger partial charge in [-0.05, 0) is 11.6 Å². The van der Waals surface area contributed by atoms with E-state index < -0.39 is 12.4 Å². The van der Waals surface area contributed by atoms with Gasteiger partial charge in [0.15, 0.2) is 0 Å². The minimum absolute atomic E-state index is 0.0129. The number of hydrogen-bond acceptors (Lipinski definition) is 3. The van der Waals surface area contributed by atoms with Crippen molar-refractivity contribution in [1.29, 1.82) is 0 Å². The number of pyridine rings is 1. The Morgan fingerprint density at radius 3 is 2.81 bits per heavy atom. The first kappa shape index (κ1) is 13.0. The molecule has 0 saturated carbocycles. The normalized spacial score (nSPS) is 10.6. The number of methoxy groups -OCH3 is 1. The Bertz CT molecular complexity index is 385. The molecule has 0 fully saturated rings. The maximum absolute atomic E-state index is 12.4. The smallest absolute Gasteiger partial charge is 0.311 e. The van der Waals surface area contributed by atoms with Crippen molar-refractivity contribution in [2.24, 2.45) is 0 Å². The number of aromatic nitrogens is 1. The third-order valence-electron chi connectivity index (χ3n) is 2.02. The van der Waals surface area contributed by atoms with Crippen LogP contribution >= 0.6 is 15.9 Å². The lowest BCUT2D eigenvalue weighted by molar-refractivity contribution is -0.139. The quantitative estimate of drug-likeness (QED) is 0.633. The zero-order chi connectivity index (χ0) is 12.1. The first-order valence-electron chi connectivity index (χ1n) is 4.47. The summed E-state index contributed by atoms with van der Waals surface area (Å²) in [5.74, 6) is -0.445. The van der Waals surface area contributed by atoms with Gasteiger partial charge in [0.05, 0.1) is 19.2 Å². The predicted molar refractivity (Wildman–Crippen MR) is 57.5 cm³/mol. The molecule has 0 aliphatic carbocycles. The van der Waals surface area contributed by atoms with Crippen molar-refractivity contribution >= 4 is 21.9 Å². The topological polar surface area (TPSA) is 39.2 Å². The van der Waals surface area contributed by atoms with Gasteiger partial charge in [0.25, 0.3) is 6.43 Å². The number of nitrogens with zero attached hydrogens (tertiary/aromatic N) is 1. The molecule has 0 unspecified atom stereocenters. The molecule has 0 radical (unpaired) electrons. The molecule has 0 aromatic carbocycles. The molecule has 0 amide bonds. The third-order valence-corrected chi connectivity index (χ3v) is 2.62. The Balaban J connectivity index is 2.97. The molecule has 1 aromatic rings. The number of carbonyl (C=O) groups excluding carboxylic acids is 1. The second-order valence-electron chi connectivity index (χ2n) is 3.06. The van der Waals surface area contributed by atoms with E-state index in [9.17, 15) is 13.6 Å². The maximum atomic E-state index is 12.4. The van der Waals surface area contributed by atoms with E-state index in [0.29, 0.717) is 16.6 Å². The Morgan fingerprint density at radius 1 is 1.62 bits per heavy atom. The summed E-state index contributed by atoms with van der Waals surface area (Å²) < 4.78 is 29.3. The monoisotopic (exact) mass is 293 g/mol. The van der Waals surface area contributed by atoms with Crippen LogP contribution in [0.15, 0.2) is 12.3 Å². The number of esters is 1. The van der Waals surface area contributed by atoms with Crippen LogP contribution in [0.3, 0.4) is 0 Å². The molecule has 88 valence electrons. The largest absolute Gasteiger partial charge is 0.469 e. The maximum Gasteiger partial charge on any atom is 0.311 e. The van der Waals surface area contributed by atoms with Crippen LogP contribution in [-0.4, -0.2) is 18.1 Å². The fraction of sp³-hybridized carbons (Fsp3) is 0.400. The number of carbonyl (C=O) groups is 1. The highest BCUT2D eigenvalue weighted by atomic mass is 79.9. The Morgan fingerprint density at radius 2 is 2.31 bits per heavy atom. The summed E-state index contributed by atoms with van der Waals surface area (Å²) in [4.78, 5) is 14.9. The van der Waals surface area contributed by atoms with E-state index in [1.807, 2.05) is 0 Å². The van der Waals surface area contributed by atoms with Gasteiger partial charge in [0.2, 0.25) is 0 Å². The van der Waals surface area contributed by atoms with Crippen LogP contribution in [0, 0.1) is 0 Å². The standard InChI is InChI=1S/C10H10BrF2NO2/c1-16-9(15)3-8-6(4-11)2-7(5-14-8)10(12)13/h2,5,10H,3-4H2,1H3. The molecular weight excluding hydrogens is 284 g/mol. The lowest BCUT2D eigenvalue weighted by Crippen LogP contribution is -2.09. The fourth-order valence-corrected chi connectivity index (χ4v) is 1.65. The van der Waals surface area contributed by atoms with E-state index >= 15 is 0 Å². The summed E-state index contributed by atoms with van der Waals surface area (Å²) in [7, 11) is 1.27. The van der Waals surface area contributed by atoms with Crippen molar-refractivity contribution < 1.29 is 18.3 Å². The second-order valence-corrected chi connectivity index (χ2v) is 3.62. The van der Waals surface area contributed by atoms with E-state index in [0.717, 1.165) is 6.20 Å². The molecule has 1 heterocycles. The summed E-state index contributed by atoms with van der Waals surface area (Å²) in [5.41, 5.74) is 0.874. The van der Waals surface area contributed by atoms with Crippen LogP contribution in [0.2, 0.25) is 0 Å². The van der Waals surface area contributed by atoms with Crippen molar-refractivity contribution in [1.82, 2.24) is 4.98 Å². The first-order chi connectivity index (χ1) is 7.58. The zero-order valence-electron chi connectivity index (χ0n) is 8.54. The molecule has 0 N–H and O–H groups in total. The van der Waals surface area contributed by atoms with Crippen molar-refractivity contribution in [2.45, 2.75) is 18.2 Å². The molecule has 1 rings (SSSR count). The highest BCUT2D eigenvalue weighted by Gasteiger charge is 2.13. The van der Waals surface area contributed by atoms with Crippen molar-refractivity contribution in [3.63, 3.8) is 0 Å². The van der Waals surface area contributed by atoms with Crippen LogP contribution in [0.25, 0.3) is 0 Å². The number of rotatable bonds is 4. The SMILES string of the molecule is COC(=O)Cc1ncc(C(F)F)cc1CBr. The number of halogens is 3. The van der Waals surface area contributed by atoms with Crippen molar-refractivity contribution in [2.75, 3.05) is 7.11 Å². The summed E-state index contributed by atoms with van der Waals surface area (Å²) in [5, 5.41) is 0.368. The van der Waals surface area contributed by atoms with E-state index in [4.69, 9.17) is 0 Å². The highest BCUT2D eigenvalue weighted by molar-refractivity contribution is 9.08. The van der Waals surface area contributed by atoms with Gasteiger partial charge >= 0.3 is 5.97 Å². The molecule has 0 aliphatic rings. The Hall–Kier alpha value is -1.04. The molecule has 0 spiro atoms. The molecule has 1 aromatic heterocycles. The van der Waals surface area contributed by atoms with Crippen molar-refractivity contribution in [3.8, 4) is 0 Å². The lowest BCUT2D eigenvalue weighted by atomic mass is 10.1. The molecule has 3 nitrogen and oxygen atoms in total. The molecule has 6 heteroatoms. The number of alkyl halides is 3. The van der Waals surface area contributed by atoms with E-state index in [1.54, 1.807) is 0 Å². The Kier molecular flexibility index (Phi) is 4.79. The number of ether oxygens (including phenoxy) is 1.